The summed E-state index contributed by atoms with van der Waals surface area (Å²) in [5.74, 6) is 1.68. The van der Waals surface area contributed by atoms with Crippen molar-refractivity contribution in [3.05, 3.63) is 0 Å². The van der Waals surface area contributed by atoms with E-state index in [4.69, 9.17) is 5.73 Å². The Morgan fingerprint density at radius 3 is 2.53 bits per heavy atom. The first-order valence-electron chi connectivity index (χ1n) is 7.72. The Bertz CT molecular complexity index is 225. The maximum atomic E-state index is 6.00. The van der Waals surface area contributed by atoms with Gasteiger partial charge in [0.05, 0.1) is 0 Å². The van der Waals surface area contributed by atoms with Crippen molar-refractivity contribution in [1.82, 2.24) is 4.90 Å². The second kappa shape index (κ2) is 6.19. The molecule has 3 atom stereocenters. The fourth-order valence-corrected chi connectivity index (χ4v) is 3.46. The average Bonchev–Trinajstić information content (AvgIpc) is 3.14. The Labute approximate surface area is 107 Å². The van der Waals surface area contributed by atoms with Crippen molar-refractivity contribution in [2.24, 2.45) is 17.6 Å². The number of rotatable bonds is 6. The van der Waals surface area contributed by atoms with E-state index in [1.807, 2.05) is 0 Å². The summed E-state index contributed by atoms with van der Waals surface area (Å²) in [5.41, 5.74) is 6.00. The van der Waals surface area contributed by atoms with Crippen molar-refractivity contribution < 1.29 is 0 Å². The lowest BCUT2D eigenvalue weighted by Crippen LogP contribution is -2.48. The second-order valence-electron chi connectivity index (χ2n) is 6.30. The molecule has 0 amide bonds. The van der Waals surface area contributed by atoms with Gasteiger partial charge >= 0.3 is 0 Å². The van der Waals surface area contributed by atoms with E-state index in [0.717, 1.165) is 30.5 Å². The molecule has 0 spiro atoms. The van der Waals surface area contributed by atoms with Gasteiger partial charge in [-0.25, -0.2) is 0 Å². The van der Waals surface area contributed by atoms with Gasteiger partial charge in [-0.3, -0.25) is 4.90 Å². The van der Waals surface area contributed by atoms with Crippen LogP contribution in [0.5, 0.6) is 0 Å². The van der Waals surface area contributed by atoms with E-state index < -0.39 is 0 Å². The van der Waals surface area contributed by atoms with Gasteiger partial charge in [0, 0.05) is 12.1 Å². The van der Waals surface area contributed by atoms with Crippen LogP contribution in [0, 0.1) is 11.8 Å². The minimum atomic E-state index is 0.767. The van der Waals surface area contributed by atoms with Crippen molar-refractivity contribution in [2.75, 3.05) is 13.1 Å². The van der Waals surface area contributed by atoms with Gasteiger partial charge < -0.3 is 5.73 Å². The van der Waals surface area contributed by atoms with Gasteiger partial charge in [0.25, 0.3) is 0 Å². The molecule has 0 heterocycles. The van der Waals surface area contributed by atoms with Crippen molar-refractivity contribution in [1.29, 1.82) is 0 Å². The van der Waals surface area contributed by atoms with Crippen molar-refractivity contribution in [3.63, 3.8) is 0 Å². The minimum absolute atomic E-state index is 0.767. The zero-order chi connectivity index (χ0) is 12.3. The molecular formula is C15H30N2. The largest absolute Gasteiger partial charge is 0.330 e. The molecule has 100 valence electrons. The number of hydrogen-bond acceptors (Lipinski definition) is 2. The minimum Gasteiger partial charge on any atom is -0.330 e. The molecule has 2 heteroatoms. The summed E-state index contributed by atoms with van der Waals surface area (Å²) in [5, 5.41) is 0. The van der Waals surface area contributed by atoms with Crippen LogP contribution in [0.25, 0.3) is 0 Å². The Morgan fingerprint density at radius 2 is 1.94 bits per heavy atom. The first-order chi connectivity index (χ1) is 8.26. The predicted octanol–water partition coefficient (Wildman–Crippen LogP) is 3.01. The van der Waals surface area contributed by atoms with E-state index >= 15 is 0 Å². The number of nitrogens with zero attached hydrogens (tertiary/aromatic N) is 1. The third kappa shape index (κ3) is 3.45. The van der Waals surface area contributed by atoms with Crippen molar-refractivity contribution >= 4 is 0 Å². The molecule has 17 heavy (non-hydrogen) atoms. The molecule has 0 aliphatic heterocycles. The summed E-state index contributed by atoms with van der Waals surface area (Å²) in [7, 11) is 0. The Hall–Kier alpha value is -0.0800. The molecule has 2 rings (SSSR count). The summed E-state index contributed by atoms with van der Waals surface area (Å²) in [6, 6.07) is 1.70. The molecule has 2 N–H and O–H groups in total. The summed E-state index contributed by atoms with van der Waals surface area (Å²) in [6.07, 6.45) is 9.69. The fraction of sp³-hybridized carbons (Fsp3) is 1.00. The topological polar surface area (TPSA) is 29.3 Å². The van der Waals surface area contributed by atoms with Gasteiger partial charge in [0.1, 0.15) is 0 Å². The Morgan fingerprint density at radius 1 is 1.18 bits per heavy atom. The van der Waals surface area contributed by atoms with Crippen LogP contribution in [0.4, 0.5) is 0 Å². The fourth-order valence-electron chi connectivity index (χ4n) is 3.46. The van der Waals surface area contributed by atoms with E-state index in [1.165, 1.54) is 51.5 Å². The van der Waals surface area contributed by atoms with Crippen LogP contribution in [0.3, 0.4) is 0 Å². The number of hydrogen-bond donors (Lipinski definition) is 1. The maximum absolute atomic E-state index is 6.00. The van der Waals surface area contributed by atoms with Gasteiger partial charge in [0.2, 0.25) is 0 Å². The van der Waals surface area contributed by atoms with Crippen molar-refractivity contribution in [3.8, 4) is 0 Å². The van der Waals surface area contributed by atoms with E-state index in [1.54, 1.807) is 0 Å². The van der Waals surface area contributed by atoms with Gasteiger partial charge in [-0.1, -0.05) is 26.7 Å². The average molecular weight is 238 g/mol. The van der Waals surface area contributed by atoms with Crippen LogP contribution < -0.4 is 5.73 Å². The number of unbranched alkanes of at least 4 members (excludes halogenated alkanes) is 1. The highest BCUT2D eigenvalue weighted by molar-refractivity contribution is 4.94. The van der Waals surface area contributed by atoms with E-state index in [-0.39, 0.29) is 0 Å². The van der Waals surface area contributed by atoms with Crippen LogP contribution in [-0.4, -0.2) is 30.1 Å². The first-order valence-corrected chi connectivity index (χ1v) is 7.72. The molecule has 2 aliphatic rings. The highest BCUT2D eigenvalue weighted by atomic mass is 15.2. The summed E-state index contributed by atoms with van der Waals surface area (Å²) >= 11 is 0. The van der Waals surface area contributed by atoms with Gasteiger partial charge in [-0.2, -0.15) is 0 Å². The third-order valence-electron chi connectivity index (χ3n) is 4.73. The van der Waals surface area contributed by atoms with Crippen LogP contribution in [0.2, 0.25) is 0 Å². The summed E-state index contributed by atoms with van der Waals surface area (Å²) < 4.78 is 0. The van der Waals surface area contributed by atoms with Gasteiger partial charge in [-0.05, 0) is 57.0 Å². The Balaban J connectivity index is 1.97. The Kier molecular flexibility index (Phi) is 4.87. The van der Waals surface area contributed by atoms with Gasteiger partial charge in [-0.15, -0.1) is 0 Å². The molecule has 0 radical (unpaired) electrons. The van der Waals surface area contributed by atoms with Crippen LogP contribution in [-0.2, 0) is 0 Å². The van der Waals surface area contributed by atoms with Crippen LogP contribution >= 0.6 is 0 Å². The van der Waals surface area contributed by atoms with E-state index in [9.17, 15) is 0 Å². The number of nitrogens with two attached hydrogens (primary N) is 1. The van der Waals surface area contributed by atoms with Crippen molar-refractivity contribution in [2.45, 2.75) is 70.9 Å². The molecule has 0 saturated heterocycles. The smallest absolute Gasteiger partial charge is 0.0141 e. The molecule has 0 bridgehead atoms. The normalized spacial score (nSPS) is 34.2. The molecule has 2 saturated carbocycles. The third-order valence-corrected chi connectivity index (χ3v) is 4.73. The predicted molar refractivity (Wildman–Crippen MR) is 74.0 cm³/mol. The van der Waals surface area contributed by atoms with Crippen LogP contribution in [0.1, 0.15) is 58.8 Å². The molecule has 2 fully saturated rings. The maximum Gasteiger partial charge on any atom is 0.0141 e. The lowest BCUT2D eigenvalue weighted by atomic mass is 9.78. The summed E-state index contributed by atoms with van der Waals surface area (Å²) in [4.78, 5) is 2.83. The zero-order valence-electron chi connectivity index (χ0n) is 11.7. The monoisotopic (exact) mass is 238 g/mol. The highest BCUT2D eigenvalue weighted by Crippen LogP contribution is 2.38. The molecular weight excluding hydrogens is 208 g/mol. The lowest BCUT2D eigenvalue weighted by Gasteiger charge is -2.42. The quantitative estimate of drug-likeness (QED) is 0.771. The summed E-state index contributed by atoms with van der Waals surface area (Å²) in [6.45, 7) is 6.93. The molecule has 0 aromatic rings. The second-order valence-corrected chi connectivity index (χ2v) is 6.30. The molecule has 3 unspecified atom stereocenters. The SMILES string of the molecule is CCCCN(C1CC1)C1CC(C)CCC1CN. The van der Waals surface area contributed by atoms with E-state index in [0.29, 0.717) is 0 Å². The molecule has 2 nitrogen and oxygen atoms in total. The first kappa shape index (κ1) is 13.4. The molecule has 2 aliphatic carbocycles. The lowest BCUT2D eigenvalue weighted by molar-refractivity contribution is 0.0777. The van der Waals surface area contributed by atoms with Crippen LogP contribution in [0.15, 0.2) is 0 Å². The standard InChI is InChI=1S/C15H30N2/c1-3-4-9-17(14-7-8-14)15-10-12(2)5-6-13(15)11-16/h12-15H,3-11,16H2,1-2H3. The van der Waals surface area contributed by atoms with Gasteiger partial charge in [0.15, 0.2) is 0 Å². The zero-order valence-corrected chi connectivity index (χ0v) is 11.7. The highest BCUT2D eigenvalue weighted by Gasteiger charge is 2.38. The molecule has 0 aromatic carbocycles. The molecule has 0 aromatic heterocycles. The van der Waals surface area contributed by atoms with E-state index in [2.05, 4.69) is 18.7 Å².